The molecule has 2 amide bonds. The van der Waals surface area contributed by atoms with Crippen molar-refractivity contribution in [1.82, 2.24) is 19.9 Å². The van der Waals surface area contributed by atoms with Gasteiger partial charge in [0, 0.05) is 25.4 Å². The van der Waals surface area contributed by atoms with Gasteiger partial charge in [-0.1, -0.05) is 18.2 Å². The number of ether oxygens (including phenoxy) is 1. The lowest BCUT2D eigenvalue weighted by molar-refractivity contribution is -0.118. The zero-order chi connectivity index (χ0) is 25.7. The van der Waals surface area contributed by atoms with Crippen LogP contribution in [0.5, 0.6) is 5.75 Å². The number of aryl methyl sites for hydroxylation is 1. The predicted molar refractivity (Wildman–Crippen MR) is 131 cm³/mol. The number of fused-ring (bicyclic) bond motifs is 2. The van der Waals surface area contributed by atoms with Crippen LogP contribution in [0.4, 0.5) is 11.4 Å². The highest BCUT2D eigenvalue weighted by Crippen LogP contribution is 2.28. The van der Waals surface area contributed by atoms with E-state index in [0.29, 0.717) is 39.3 Å². The van der Waals surface area contributed by atoms with Crippen LogP contribution in [0.15, 0.2) is 55.0 Å². The van der Waals surface area contributed by atoms with Gasteiger partial charge in [0.2, 0.25) is 0 Å². The first-order valence-corrected chi connectivity index (χ1v) is 10.7. The molecule has 11 heteroatoms. The zero-order valence-corrected chi connectivity index (χ0v) is 19.2. The number of nitrogens with zero attached hydrogens (tertiary/aromatic N) is 4. The van der Waals surface area contributed by atoms with Gasteiger partial charge in [0.15, 0.2) is 12.3 Å². The number of aldehydes is 1. The van der Waals surface area contributed by atoms with Gasteiger partial charge >= 0.3 is 0 Å². The molecule has 0 fully saturated rings. The summed E-state index contributed by atoms with van der Waals surface area (Å²) in [6.07, 6.45) is 3.77. The lowest BCUT2D eigenvalue weighted by atomic mass is 10.1. The lowest BCUT2D eigenvalue weighted by Gasteiger charge is -2.18. The van der Waals surface area contributed by atoms with Crippen molar-refractivity contribution in [2.24, 2.45) is 7.05 Å². The van der Waals surface area contributed by atoms with Crippen molar-refractivity contribution in [3.8, 4) is 11.8 Å². The summed E-state index contributed by atoms with van der Waals surface area (Å²) in [5.41, 5.74) is 10.3. The van der Waals surface area contributed by atoms with Crippen molar-refractivity contribution >= 4 is 40.5 Å². The van der Waals surface area contributed by atoms with E-state index in [2.05, 4.69) is 20.6 Å². The van der Waals surface area contributed by atoms with Gasteiger partial charge in [0.1, 0.15) is 29.4 Å². The Morgan fingerprint density at radius 1 is 1.28 bits per heavy atom. The maximum Gasteiger partial charge on any atom is 0.272 e. The molecule has 0 unspecified atom stereocenters. The molecule has 0 bridgehead atoms. The van der Waals surface area contributed by atoms with Crippen molar-refractivity contribution in [2.75, 3.05) is 17.7 Å². The summed E-state index contributed by atoms with van der Waals surface area (Å²) in [7, 11) is 1.78. The second kappa shape index (κ2) is 10.4. The molecular weight excluding hydrogens is 462 g/mol. The highest BCUT2D eigenvalue weighted by Gasteiger charge is 2.18. The van der Waals surface area contributed by atoms with Crippen LogP contribution >= 0.6 is 0 Å². The molecule has 11 nitrogen and oxygen atoms in total. The minimum absolute atomic E-state index is 0.00654. The summed E-state index contributed by atoms with van der Waals surface area (Å²) in [5, 5.41) is 13.9. The summed E-state index contributed by atoms with van der Waals surface area (Å²) in [6, 6.07) is 13.8. The molecule has 2 aromatic carbocycles. The average Bonchev–Trinajstić information content (AvgIpc) is 3.20. The van der Waals surface area contributed by atoms with E-state index >= 15 is 0 Å². The van der Waals surface area contributed by atoms with Crippen LogP contribution < -0.4 is 21.1 Å². The Bertz CT molecular complexity index is 1500. The van der Waals surface area contributed by atoms with Crippen LogP contribution in [0.1, 0.15) is 32.0 Å². The van der Waals surface area contributed by atoms with Crippen LogP contribution in [0, 0.1) is 11.3 Å². The third kappa shape index (κ3) is 5.13. The van der Waals surface area contributed by atoms with E-state index in [1.54, 1.807) is 54.2 Å². The third-order valence-electron chi connectivity index (χ3n) is 5.30. The molecule has 4 N–H and O–H groups in total. The number of carbonyl (C=O) groups is 3. The molecule has 3 heterocycles. The third-order valence-corrected chi connectivity index (χ3v) is 5.30. The van der Waals surface area contributed by atoms with Crippen LogP contribution in [-0.2, 0) is 18.4 Å². The fourth-order valence-corrected chi connectivity index (χ4v) is 3.57. The molecule has 2 aromatic heterocycles. The van der Waals surface area contributed by atoms with Gasteiger partial charge in [0.05, 0.1) is 23.0 Å². The first-order chi connectivity index (χ1) is 17.4. The van der Waals surface area contributed by atoms with E-state index in [-0.39, 0.29) is 30.7 Å². The summed E-state index contributed by atoms with van der Waals surface area (Å²) in [4.78, 5) is 42.3. The van der Waals surface area contributed by atoms with Gasteiger partial charge in [-0.25, -0.2) is 9.97 Å². The fourth-order valence-electron chi connectivity index (χ4n) is 3.57. The van der Waals surface area contributed by atoms with Gasteiger partial charge in [0.25, 0.3) is 11.8 Å². The predicted octanol–water partition coefficient (Wildman–Crippen LogP) is 2.18. The van der Waals surface area contributed by atoms with E-state index in [0.717, 1.165) is 11.8 Å². The van der Waals surface area contributed by atoms with Crippen LogP contribution in [0.3, 0.4) is 0 Å². The maximum atomic E-state index is 12.6. The van der Waals surface area contributed by atoms with Gasteiger partial charge in [-0.05, 0) is 29.8 Å². The minimum atomic E-state index is -0.336. The Labute approximate surface area is 205 Å². The molecule has 0 aliphatic carbocycles. The number of nitrogen functional groups attached to an aromatic ring is 1. The molecule has 36 heavy (non-hydrogen) atoms. The number of anilines is 2. The summed E-state index contributed by atoms with van der Waals surface area (Å²) in [5.74, 6) is 0.0661. The van der Waals surface area contributed by atoms with E-state index in [1.165, 1.54) is 6.33 Å². The topological polar surface area (TPSA) is 165 Å². The van der Waals surface area contributed by atoms with Crippen LogP contribution in [-0.4, -0.2) is 39.2 Å². The molecule has 0 atom stereocenters. The summed E-state index contributed by atoms with van der Waals surface area (Å²) < 4.78 is 7.05. The van der Waals surface area contributed by atoms with Crippen molar-refractivity contribution < 1.29 is 19.1 Å². The number of carbonyl (C=O) groups excluding carboxylic acids is 3. The van der Waals surface area contributed by atoms with Crippen LogP contribution in [0.2, 0.25) is 0 Å². The number of nitrogens with one attached hydrogen (secondary N) is 2. The number of benzene rings is 2. The lowest BCUT2D eigenvalue weighted by Crippen LogP contribution is -2.26. The fraction of sp³-hybridized carbons (Fsp3) is 0.120. The molecule has 0 radical (unpaired) electrons. The minimum Gasteiger partial charge on any atom is -0.482 e. The molecule has 180 valence electrons. The van der Waals surface area contributed by atoms with Gasteiger partial charge in [-0.15, -0.1) is 0 Å². The number of aromatic nitrogens is 3. The number of hydrogen-bond acceptors (Lipinski definition) is 8. The normalized spacial score (nSPS) is 11.7. The second-order valence-corrected chi connectivity index (χ2v) is 7.82. The number of rotatable bonds is 4. The van der Waals surface area contributed by atoms with Crippen molar-refractivity contribution in [3.05, 3.63) is 77.4 Å². The maximum absolute atomic E-state index is 12.6. The Balaban J connectivity index is 0.000000256. The Hall–Kier alpha value is -5.24. The molecule has 4 aromatic rings. The second-order valence-electron chi connectivity index (χ2n) is 7.82. The molecular formula is C25H21N7O4. The van der Waals surface area contributed by atoms with Crippen molar-refractivity contribution in [2.45, 2.75) is 6.54 Å². The van der Waals surface area contributed by atoms with E-state index < -0.39 is 0 Å². The van der Waals surface area contributed by atoms with Gasteiger partial charge in [-0.3, -0.25) is 14.4 Å². The molecule has 0 saturated carbocycles. The van der Waals surface area contributed by atoms with E-state index in [1.807, 2.05) is 12.1 Å². The zero-order valence-electron chi connectivity index (χ0n) is 19.2. The molecule has 1 aliphatic rings. The quantitative estimate of drug-likeness (QED) is 0.372. The SMILES string of the molecule is Cn1cc(N)c2ncnc(C(=O)NCc3ccc4c(c3)NC(=O)CO4)c21.N#Cc1ccc(C=O)cc1. The first-order valence-electron chi connectivity index (χ1n) is 10.7. The molecule has 0 saturated heterocycles. The summed E-state index contributed by atoms with van der Waals surface area (Å²) >= 11 is 0. The standard InChI is InChI=1S/C17H16N6O3.C8H5NO/c1-23-6-10(18)14-16(23)15(21-8-20-14)17(25)19-5-9-2-3-12-11(4-9)22-13(24)7-26-12;9-5-7-1-3-8(6-10)4-2-7/h2-4,6,8H,5,7,18H2,1H3,(H,19,25)(H,22,24);1-4,6H. The molecule has 1 aliphatic heterocycles. The van der Waals surface area contributed by atoms with Crippen molar-refractivity contribution in [1.29, 1.82) is 5.26 Å². The highest BCUT2D eigenvalue weighted by molar-refractivity contribution is 6.05. The number of nitriles is 1. The number of hydrogen-bond donors (Lipinski definition) is 3. The molecule has 5 rings (SSSR count). The first kappa shape index (κ1) is 23.9. The highest BCUT2D eigenvalue weighted by atomic mass is 16.5. The van der Waals surface area contributed by atoms with Gasteiger partial charge < -0.3 is 25.7 Å². The Kier molecular flexibility index (Phi) is 6.87. The Morgan fingerprint density at radius 2 is 2.06 bits per heavy atom. The van der Waals surface area contributed by atoms with E-state index in [9.17, 15) is 14.4 Å². The smallest absolute Gasteiger partial charge is 0.272 e. The largest absolute Gasteiger partial charge is 0.482 e. The number of amides is 2. The van der Waals surface area contributed by atoms with Crippen LogP contribution in [0.25, 0.3) is 11.0 Å². The van der Waals surface area contributed by atoms with Gasteiger partial charge in [-0.2, -0.15) is 5.26 Å². The van der Waals surface area contributed by atoms with Crippen molar-refractivity contribution in [3.63, 3.8) is 0 Å². The monoisotopic (exact) mass is 483 g/mol. The summed E-state index contributed by atoms with van der Waals surface area (Å²) in [6.45, 7) is 0.278. The van der Waals surface area contributed by atoms with E-state index in [4.69, 9.17) is 15.7 Å². The number of nitrogens with two attached hydrogens (primary N) is 1. The average molecular weight is 483 g/mol. The molecule has 0 spiro atoms. The Morgan fingerprint density at radius 3 is 2.78 bits per heavy atom.